The Bertz CT molecular complexity index is 1000. The van der Waals surface area contributed by atoms with E-state index in [2.05, 4.69) is 41.6 Å². The molecule has 1 atom stereocenters. The molecule has 32 heavy (non-hydrogen) atoms. The molecule has 3 rings (SSSR count). The Morgan fingerprint density at radius 2 is 1.78 bits per heavy atom. The van der Waals surface area contributed by atoms with Gasteiger partial charge in [-0.25, -0.2) is 0 Å². The number of aromatic hydroxyl groups is 1. The van der Waals surface area contributed by atoms with E-state index in [1.54, 1.807) is 30.5 Å². The number of nitrogens with one attached hydrogen (secondary N) is 2. The highest BCUT2D eigenvalue weighted by atomic mass is 16.3. The average molecular weight is 434 g/mol. The van der Waals surface area contributed by atoms with Crippen LogP contribution in [0, 0.1) is 0 Å². The fraction of sp³-hybridized carbons (Fsp3) is 0.308. The Labute approximate surface area is 189 Å². The summed E-state index contributed by atoms with van der Waals surface area (Å²) in [5, 5.41) is 26.1. The van der Waals surface area contributed by atoms with Crippen LogP contribution in [0.3, 0.4) is 0 Å². The molecule has 6 nitrogen and oxygen atoms in total. The second-order valence-corrected chi connectivity index (χ2v) is 8.64. The second-order valence-electron chi connectivity index (χ2n) is 8.64. The van der Waals surface area contributed by atoms with E-state index in [4.69, 9.17) is 0 Å². The summed E-state index contributed by atoms with van der Waals surface area (Å²) in [5.74, 6) is 0.141. The number of rotatable bonds is 10. The molecule has 0 spiro atoms. The van der Waals surface area contributed by atoms with Gasteiger partial charge in [-0.15, -0.1) is 0 Å². The van der Waals surface area contributed by atoms with Gasteiger partial charge in [0.05, 0.1) is 24.8 Å². The monoisotopic (exact) mass is 433 g/mol. The quantitative estimate of drug-likeness (QED) is 0.394. The van der Waals surface area contributed by atoms with Crippen LogP contribution in [0.5, 0.6) is 5.75 Å². The molecule has 1 heterocycles. The minimum Gasteiger partial charge on any atom is -0.508 e. The van der Waals surface area contributed by atoms with Crippen LogP contribution >= 0.6 is 0 Å². The topological polar surface area (TPSA) is 94.5 Å². The molecule has 3 aromatic rings. The number of amides is 1. The van der Waals surface area contributed by atoms with Crippen LogP contribution in [0.1, 0.15) is 42.3 Å². The minimum absolute atomic E-state index is 0.0396. The smallest absolute Gasteiger partial charge is 0.224 e. The molecule has 0 aliphatic rings. The fourth-order valence-corrected chi connectivity index (χ4v) is 3.55. The Balaban J connectivity index is 1.51. The van der Waals surface area contributed by atoms with Crippen LogP contribution in [0.15, 0.2) is 72.9 Å². The zero-order valence-electron chi connectivity index (χ0n) is 18.6. The Hall–Kier alpha value is -3.22. The van der Waals surface area contributed by atoms with Crippen molar-refractivity contribution in [1.29, 1.82) is 0 Å². The first kappa shape index (κ1) is 23.4. The summed E-state index contributed by atoms with van der Waals surface area (Å²) in [6.07, 6.45) is 2.11. The standard InChI is InChI=1S/C26H31N3O3/c1-26(2,29-18-24(31)21-9-11-23(30)12-10-21)16-20-7-5-6-19(14-20)15-25(32)28-17-22-8-3-4-13-27-22/h3-14,24,29-31H,15-18H2,1-2H3,(H,28,32). The van der Waals surface area contributed by atoms with Crippen LogP contribution in [0.4, 0.5) is 0 Å². The molecule has 6 heteroatoms. The van der Waals surface area contributed by atoms with Gasteiger partial charge in [-0.3, -0.25) is 9.78 Å². The number of carbonyl (C=O) groups excluding carboxylic acids is 1. The van der Waals surface area contributed by atoms with Crippen molar-refractivity contribution in [2.45, 2.75) is 44.9 Å². The number of carbonyl (C=O) groups is 1. The summed E-state index contributed by atoms with van der Waals surface area (Å²) >= 11 is 0. The fourth-order valence-electron chi connectivity index (χ4n) is 3.55. The molecule has 0 aliphatic heterocycles. The minimum atomic E-state index is -0.663. The lowest BCUT2D eigenvalue weighted by atomic mass is 9.93. The van der Waals surface area contributed by atoms with Crippen molar-refractivity contribution in [3.8, 4) is 5.75 Å². The largest absolute Gasteiger partial charge is 0.508 e. The zero-order chi connectivity index (χ0) is 23.0. The molecule has 168 valence electrons. The van der Waals surface area contributed by atoms with Crippen molar-refractivity contribution in [1.82, 2.24) is 15.6 Å². The maximum Gasteiger partial charge on any atom is 0.224 e. The molecule has 0 radical (unpaired) electrons. The number of pyridine rings is 1. The van der Waals surface area contributed by atoms with Gasteiger partial charge < -0.3 is 20.8 Å². The van der Waals surface area contributed by atoms with E-state index < -0.39 is 6.10 Å². The number of phenols is 1. The van der Waals surface area contributed by atoms with Gasteiger partial charge in [-0.05, 0) is 61.2 Å². The highest BCUT2D eigenvalue weighted by molar-refractivity contribution is 5.78. The first-order valence-electron chi connectivity index (χ1n) is 10.8. The Morgan fingerprint density at radius 1 is 1.03 bits per heavy atom. The molecule has 1 unspecified atom stereocenters. The summed E-state index contributed by atoms with van der Waals surface area (Å²) in [4.78, 5) is 16.5. The number of hydrogen-bond donors (Lipinski definition) is 4. The molecule has 0 bridgehead atoms. The van der Waals surface area contributed by atoms with Gasteiger partial charge in [0, 0.05) is 18.3 Å². The van der Waals surface area contributed by atoms with Crippen LogP contribution in [-0.2, 0) is 24.2 Å². The third-order valence-electron chi connectivity index (χ3n) is 5.25. The molecule has 0 aliphatic carbocycles. The zero-order valence-corrected chi connectivity index (χ0v) is 18.6. The number of phenolic OH excluding ortho intramolecular Hbond substituents is 1. The van der Waals surface area contributed by atoms with E-state index in [0.717, 1.165) is 28.8 Å². The Kier molecular flexibility index (Phi) is 7.98. The third-order valence-corrected chi connectivity index (χ3v) is 5.25. The summed E-state index contributed by atoms with van der Waals surface area (Å²) in [6.45, 7) is 4.98. The highest BCUT2D eigenvalue weighted by Gasteiger charge is 2.20. The number of hydrogen-bond acceptors (Lipinski definition) is 5. The summed E-state index contributed by atoms with van der Waals surface area (Å²) in [5.41, 5.74) is 3.41. The first-order valence-corrected chi connectivity index (χ1v) is 10.8. The van der Waals surface area contributed by atoms with Gasteiger partial charge >= 0.3 is 0 Å². The lowest BCUT2D eigenvalue weighted by molar-refractivity contribution is -0.120. The number of aliphatic hydroxyl groups is 1. The highest BCUT2D eigenvalue weighted by Crippen LogP contribution is 2.19. The van der Waals surface area contributed by atoms with Gasteiger partial charge in [0.25, 0.3) is 0 Å². The number of nitrogens with zero attached hydrogens (tertiary/aromatic N) is 1. The van der Waals surface area contributed by atoms with Gasteiger partial charge in [0.1, 0.15) is 5.75 Å². The van der Waals surface area contributed by atoms with Crippen molar-refractivity contribution >= 4 is 5.91 Å². The van der Waals surface area contributed by atoms with Crippen molar-refractivity contribution < 1.29 is 15.0 Å². The van der Waals surface area contributed by atoms with E-state index in [1.165, 1.54) is 0 Å². The van der Waals surface area contributed by atoms with Gasteiger partial charge in [-0.2, -0.15) is 0 Å². The number of β-amino-alcohol motifs (C(OH)–C–C–N with tert-alkyl or cyclic N) is 1. The molecule has 0 saturated heterocycles. The summed E-state index contributed by atoms with van der Waals surface area (Å²) in [6, 6.07) is 20.2. The van der Waals surface area contributed by atoms with E-state index in [9.17, 15) is 15.0 Å². The first-order chi connectivity index (χ1) is 15.3. The predicted molar refractivity (Wildman–Crippen MR) is 125 cm³/mol. The molecular weight excluding hydrogens is 402 g/mol. The molecule has 1 amide bonds. The SMILES string of the molecule is CC(C)(Cc1cccc(CC(=O)NCc2ccccn2)c1)NCC(O)c1ccc(O)cc1. The molecule has 0 saturated carbocycles. The predicted octanol–water partition coefficient (Wildman–Crippen LogP) is 3.29. The third kappa shape index (κ3) is 7.48. The Morgan fingerprint density at radius 3 is 2.50 bits per heavy atom. The van der Waals surface area contributed by atoms with Crippen LogP contribution in [0.25, 0.3) is 0 Å². The maximum atomic E-state index is 12.3. The number of aliphatic hydroxyl groups excluding tert-OH is 1. The van der Waals surface area contributed by atoms with E-state index >= 15 is 0 Å². The molecule has 1 aromatic heterocycles. The molecule has 4 N–H and O–H groups in total. The molecule has 2 aromatic carbocycles. The molecular formula is C26H31N3O3. The lowest BCUT2D eigenvalue weighted by Crippen LogP contribution is -2.43. The van der Waals surface area contributed by atoms with Crippen LogP contribution in [0.2, 0.25) is 0 Å². The number of benzene rings is 2. The second kappa shape index (κ2) is 10.9. The normalized spacial score (nSPS) is 12.3. The van der Waals surface area contributed by atoms with Gasteiger partial charge in [-0.1, -0.05) is 42.5 Å². The van der Waals surface area contributed by atoms with Gasteiger partial charge in [0.2, 0.25) is 5.91 Å². The lowest BCUT2D eigenvalue weighted by Gasteiger charge is -2.28. The summed E-state index contributed by atoms with van der Waals surface area (Å²) in [7, 11) is 0. The van der Waals surface area contributed by atoms with E-state index in [0.29, 0.717) is 19.5 Å². The van der Waals surface area contributed by atoms with E-state index in [1.807, 2.05) is 30.3 Å². The van der Waals surface area contributed by atoms with E-state index in [-0.39, 0.29) is 17.2 Å². The van der Waals surface area contributed by atoms with Crippen molar-refractivity contribution in [3.05, 3.63) is 95.3 Å². The molecule has 0 fully saturated rings. The number of aromatic nitrogens is 1. The van der Waals surface area contributed by atoms with Gasteiger partial charge in [0.15, 0.2) is 0 Å². The van der Waals surface area contributed by atoms with Crippen LogP contribution in [-0.4, -0.2) is 33.2 Å². The summed E-state index contributed by atoms with van der Waals surface area (Å²) < 4.78 is 0. The van der Waals surface area contributed by atoms with Crippen LogP contribution < -0.4 is 10.6 Å². The van der Waals surface area contributed by atoms with Crippen molar-refractivity contribution in [2.24, 2.45) is 0 Å². The average Bonchev–Trinajstić information content (AvgIpc) is 2.77. The van der Waals surface area contributed by atoms with Crippen molar-refractivity contribution in [3.63, 3.8) is 0 Å². The van der Waals surface area contributed by atoms with Crippen molar-refractivity contribution in [2.75, 3.05) is 6.54 Å². The maximum absolute atomic E-state index is 12.3.